The van der Waals surface area contributed by atoms with Crippen molar-refractivity contribution >= 4 is 35.7 Å². The van der Waals surface area contributed by atoms with Gasteiger partial charge < -0.3 is 33.7 Å². The summed E-state index contributed by atoms with van der Waals surface area (Å²) in [6.07, 6.45) is 0. The van der Waals surface area contributed by atoms with E-state index in [2.05, 4.69) is 5.32 Å². The molecule has 0 aromatic heterocycles. The fourth-order valence-corrected chi connectivity index (χ4v) is 6.19. The van der Waals surface area contributed by atoms with Gasteiger partial charge in [0.05, 0.1) is 44.3 Å². The third-order valence-electron chi connectivity index (χ3n) is 8.09. The van der Waals surface area contributed by atoms with E-state index in [0.29, 0.717) is 22.7 Å². The first-order chi connectivity index (χ1) is 21.2. The highest BCUT2D eigenvalue weighted by atomic mass is 35.5. The van der Waals surface area contributed by atoms with Crippen LogP contribution in [0.5, 0.6) is 28.7 Å². The van der Waals surface area contributed by atoms with Gasteiger partial charge >= 0.3 is 11.9 Å². The van der Waals surface area contributed by atoms with Gasteiger partial charge in [0.1, 0.15) is 0 Å². The van der Waals surface area contributed by atoms with Crippen molar-refractivity contribution in [1.82, 2.24) is 4.90 Å². The second-order valence-electron chi connectivity index (χ2n) is 11.0. The Morgan fingerprint density at radius 1 is 1.00 bits per heavy atom. The lowest BCUT2D eigenvalue weighted by Crippen LogP contribution is -2.37. The van der Waals surface area contributed by atoms with Crippen LogP contribution in [0.2, 0.25) is 0 Å². The maximum Gasteiger partial charge on any atom is 0.325 e. The summed E-state index contributed by atoms with van der Waals surface area (Å²) in [7, 11) is 6.44. The predicted molar refractivity (Wildman–Crippen MR) is 163 cm³/mol. The summed E-state index contributed by atoms with van der Waals surface area (Å²) in [5.74, 6) is -0.515. The average molecular weight is 642 g/mol. The van der Waals surface area contributed by atoms with Gasteiger partial charge in [-0.3, -0.25) is 24.6 Å². The molecule has 3 aromatic rings. The molecule has 0 spiro atoms. The van der Waals surface area contributed by atoms with Crippen LogP contribution in [-0.4, -0.2) is 70.0 Å². The van der Waals surface area contributed by atoms with E-state index in [-0.39, 0.29) is 67.2 Å². The summed E-state index contributed by atoms with van der Waals surface area (Å²) in [6, 6.07) is 13.0. The van der Waals surface area contributed by atoms with E-state index in [1.165, 1.54) is 26.4 Å². The number of fused-ring (bicyclic) bond motifs is 3. The molecule has 3 aromatic carbocycles. The number of hydrogen-bond acceptors (Lipinski definition) is 12. The zero-order valence-corrected chi connectivity index (χ0v) is 25.8. The van der Waals surface area contributed by atoms with Gasteiger partial charge in [-0.2, -0.15) is 0 Å². The SMILES string of the molecule is COc1cc([C@@H]2c3cc4c(cc3[C@@H](Nc3ccc([N+](=O)[O-])cc3)[C@H]3COC(=O)[C@H]23)OCO4)cc(OC)c1OC(=O)CN(C)C.Cl. The molecule has 2 heterocycles. The minimum absolute atomic E-state index is 0. The number of esters is 2. The number of likely N-dealkylation sites (N-methyl/N-ethyl adjacent to an activating group) is 1. The molecular weight excluding hydrogens is 610 g/mol. The van der Waals surface area contributed by atoms with E-state index in [0.717, 1.165) is 11.1 Å². The molecule has 14 heteroatoms. The number of ether oxygens (including phenoxy) is 6. The van der Waals surface area contributed by atoms with E-state index >= 15 is 0 Å². The van der Waals surface area contributed by atoms with E-state index in [1.807, 2.05) is 12.1 Å². The molecule has 1 fully saturated rings. The molecule has 13 nitrogen and oxygen atoms in total. The second-order valence-corrected chi connectivity index (χ2v) is 11.0. The number of hydrogen-bond donors (Lipinski definition) is 1. The Labute approximate surface area is 264 Å². The van der Waals surface area contributed by atoms with E-state index < -0.39 is 28.8 Å². The highest BCUT2D eigenvalue weighted by molar-refractivity contribution is 5.85. The first kappa shape index (κ1) is 31.7. The van der Waals surface area contributed by atoms with Gasteiger partial charge in [-0.1, -0.05) is 0 Å². The smallest absolute Gasteiger partial charge is 0.325 e. The Balaban J connectivity index is 0.00000400. The molecule has 0 amide bonds. The zero-order chi connectivity index (χ0) is 31.1. The Bertz CT molecular complexity index is 1610. The van der Waals surface area contributed by atoms with Crippen molar-refractivity contribution in [2.75, 3.05) is 53.6 Å². The molecule has 2 aliphatic heterocycles. The van der Waals surface area contributed by atoms with Crippen LogP contribution in [0.1, 0.15) is 28.7 Å². The fourth-order valence-electron chi connectivity index (χ4n) is 6.19. The molecule has 238 valence electrons. The summed E-state index contributed by atoms with van der Waals surface area (Å²) in [6.45, 7) is 0.274. The third kappa shape index (κ3) is 5.88. The molecule has 4 atom stereocenters. The van der Waals surface area contributed by atoms with Crippen molar-refractivity contribution in [3.05, 3.63) is 75.3 Å². The van der Waals surface area contributed by atoms with Crippen molar-refractivity contribution in [1.29, 1.82) is 0 Å². The lowest BCUT2D eigenvalue weighted by atomic mass is 9.65. The number of rotatable bonds is 9. The first-order valence-corrected chi connectivity index (χ1v) is 13.9. The monoisotopic (exact) mass is 641 g/mol. The van der Waals surface area contributed by atoms with Crippen LogP contribution < -0.4 is 29.0 Å². The number of carbonyl (C=O) groups is 2. The molecule has 1 saturated heterocycles. The fraction of sp³-hybridized carbons (Fsp3) is 0.355. The number of methoxy groups -OCH3 is 2. The minimum atomic E-state index is -0.616. The highest BCUT2D eigenvalue weighted by Gasteiger charge is 2.52. The van der Waals surface area contributed by atoms with Gasteiger partial charge in [0.25, 0.3) is 5.69 Å². The average Bonchev–Trinajstić information content (AvgIpc) is 3.62. The summed E-state index contributed by atoms with van der Waals surface area (Å²) in [5.41, 5.74) is 2.97. The van der Waals surface area contributed by atoms with Crippen LogP contribution >= 0.6 is 12.4 Å². The zero-order valence-electron chi connectivity index (χ0n) is 24.9. The minimum Gasteiger partial charge on any atom is -0.493 e. The van der Waals surface area contributed by atoms with Crippen LogP contribution in [0.25, 0.3) is 0 Å². The number of nitrogens with zero attached hydrogens (tertiary/aromatic N) is 2. The standard InChI is InChI=1S/C31H31N3O10.ClH/c1-33(2)13-26(35)44-30-24(39-3)9-16(10-25(30)40-4)27-19-11-22-23(43-15-42-22)12-20(19)29(21-14-41-31(36)28(21)27)32-17-5-7-18(8-6-17)34(37)38;/h5-12,21,27-29,32H,13-15H2,1-4H3;1H/t21-,27+,28-,29+;/m0./s1. The number of halogens is 1. The maximum absolute atomic E-state index is 13.5. The van der Waals surface area contributed by atoms with Crippen LogP contribution in [0.4, 0.5) is 11.4 Å². The molecule has 45 heavy (non-hydrogen) atoms. The van der Waals surface area contributed by atoms with Gasteiger partial charge in [0.2, 0.25) is 12.5 Å². The number of anilines is 1. The Hall–Kier alpha value is -4.75. The molecule has 3 aliphatic rings. The molecule has 0 saturated carbocycles. The molecule has 0 unspecified atom stereocenters. The van der Waals surface area contributed by atoms with Crippen molar-refractivity contribution in [2.24, 2.45) is 11.8 Å². The molecule has 0 radical (unpaired) electrons. The quantitative estimate of drug-likeness (QED) is 0.154. The maximum atomic E-state index is 13.5. The van der Waals surface area contributed by atoms with Crippen molar-refractivity contribution in [3.8, 4) is 28.7 Å². The van der Waals surface area contributed by atoms with Gasteiger partial charge in [-0.05, 0) is 67.2 Å². The molecular formula is C31H32ClN3O10. The number of nitrogens with one attached hydrogen (secondary N) is 1. The summed E-state index contributed by atoms with van der Waals surface area (Å²) in [5, 5.41) is 14.7. The van der Waals surface area contributed by atoms with E-state index in [9.17, 15) is 19.7 Å². The van der Waals surface area contributed by atoms with Crippen LogP contribution in [0, 0.1) is 22.0 Å². The Morgan fingerprint density at radius 3 is 2.20 bits per heavy atom. The topological polar surface area (TPSA) is 148 Å². The highest BCUT2D eigenvalue weighted by Crippen LogP contribution is 2.56. The van der Waals surface area contributed by atoms with Crippen molar-refractivity contribution < 1.29 is 42.9 Å². The summed E-state index contributed by atoms with van der Waals surface area (Å²) < 4.78 is 34.1. The van der Waals surface area contributed by atoms with Gasteiger partial charge in [-0.15, -0.1) is 12.4 Å². The normalized spacial score (nSPS) is 20.8. The Kier molecular flexibility index (Phi) is 8.94. The van der Waals surface area contributed by atoms with Crippen LogP contribution in [-0.2, 0) is 14.3 Å². The predicted octanol–water partition coefficient (Wildman–Crippen LogP) is 4.32. The molecule has 1 N–H and O–H groups in total. The van der Waals surface area contributed by atoms with Crippen LogP contribution in [0.3, 0.4) is 0 Å². The molecule has 6 rings (SSSR count). The Morgan fingerprint density at radius 2 is 1.62 bits per heavy atom. The lowest BCUT2D eigenvalue weighted by Gasteiger charge is -2.40. The number of nitro benzene ring substituents is 1. The van der Waals surface area contributed by atoms with E-state index in [4.69, 9.17) is 28.4 Å². The summed E-state index contributed by atoms with van der Waals surface area (Å²) >= 11 is 0. The van der Waals surface area contributed by atoms with Gasteiger partial charge in [-0.25, -0.2) is 0 Å². The van der Waals surface area contributed by atoms with Gasteiger partial charge in [0.15, 0.2) is 23.0 Å². The first-order valence-electron chi connectivity index (χ1n) is 13.9. The molecule has 1 aliphatic carbocycles. The second kappa shape index (κ2) is 12.7. The van der Waals surface area contributed by atoms with Crippen LogP contribution in [0.15, 0.2) is 48.5 Å². The third-order valence-corrected chi connectivity index (χ3v) is 8.09. The summed E-state index contributed by atoms with van der Waals surface area (Å²) in [4.78, 5) is 38.4. The van der Waals surface area contributed by atoms with Gasteiger partial charge in [0, 0.05) is 29.7 Å². The number of benzene rings is 3. The number of non-ortho nitro benzene ring substituents is 1. The number of nitro groups is 1. The number of carbonyl (C=O) groups excluding carboxylic acids is 2. The largest absolute Gasteiger partial charge is 0.493 e. The van der Waals surface area contributed by atoms with Crippen molar-refractivity contribution in [3.63, 3.8) is 0 Å². The molecule has 0 bridgehead atoms. The number of cyclic esters (lactones) is 1. The van der Waals surface area contributed by atoms with E-state index in [1.54, 1.807) is 43.3 Å². The lowest BCUT2D eigenvalue weighted by molar-refractivity contribution is -0.384. The van der Waals surface area contributed by atoms with Crippen molar-refractivity contribution in [2.45, 2.75) is 12.0 Å².